The predicted octanol–water partition coefficient (Wildman–Crippen LogP) is 3.17. The van der Waals surface area contributed by atoms with E-state index in [0.717, 1.165) is 36.3 Å². The number of anilines is 1. The van der Waals surface area contributed by atoms with Crippen molar-refractivity contribution < 1.29 is 9.53 Å². The van der Waals surface area contributed by atoms with Gasteiger partial charge in [-0.15, -0.1) is 0 Å². The smallest absolute Gasteiger partial charge is 0.321 e. The number of aromatic nitrogens is 1. The van der Waals surface area contributed by atoms with Gasteiger partial charge < -0.3 is 20.7 Å². The summed E-state index contributed by atoms with van der Waals surface area (Å²) in [5.74, 6) is 0.908. The van der Waals surface area contributed by atoms with E-state index in [1.165, 1.54) is 0 Å². The maximum absolute atomic E-state index is 12.5. The fourth-order valence-electron chi connectivity index (χ4n) is 3.21. The Morgan fingerprint density at radius 1 is 1.35 bits per heavy atom. The third kappa shape index (κ3) is 4.95. The quantitative estimate of drug-likeness (QED) is 0.864. The molecule has 0 radical (unpaired) electrons. The number of para-hydroxylation sites is 1. The van der Waals surface area contributed by atoms with E-state index in [4.69, 9.17) is 10.5 Å². The van der Waals surface area contributed by atoms with Gasteiger partial charge in [0, 0.05) is 43.0 Å². The molecule has 0 spiro atoms. The van der Waals surface area contributed by atoms with Crippen LogP contribution in [0.2, 0.25) is 0 Å². The number of benzene rings is 1. The number of hydrogen-bond acceptors (Lipinski definition) is 4. The molecular weight excluding hydrogens is 328 g/mol. The Hall–Kier alpha value is -2.60. The molecule has 1 aromatic heterocycles. The Labute approximate surface area is 154 Å². The van der Waals surface area contributed by atoms with E-state index in [1.807, 2.05) is 54.3 Å². The second kappa shape index (κ2) is 8.67. The van der Waals surface area contributed by atoms with Crippen LogP contribution in [0.25, 0.3) is 0 Å². The van der Waals surface area contributed by atoms with E-state index in [0.29, 0.717) is 31.5 Å². The van der Waals surface area contributed by atoms with Crippen molar-refractivity contribution in [1.82, 2.24) is 9.88 Å². The van der Waals surface area contributed by atoms with E-state index in [9.17, 15) is 4.79 Å². The number of nitrogens with one attached hydrogen (secondary N) is 1. The number of amides is 2. The maximum Gasteiger partial charge on any atom is 0.321 e. The summed E-state index contributed by atoms with van der Waals surface area (Å²) in [6.45, 7) is 4.41. The van der Waals surface area contributed by atoms with E-state index in [-0.39, 0.29) is 6.03 Å². The Bertz CT molecular complexity index is 736. The van der Waals surface area contributed by atoms with Gasteiger partial charge >= 0.3 is 6.03 Å². The molecule has 0 saturated carbocycles. The van der Waals surface area contributed by atoms with Crippen LogP contribution >= 0.6 is 0 Å². The van der Waals surface area contributed by atoms with Gasteiger partial charge in [0.1, 0.15) is 0 Å². The zero-order chi connectivity index (χ0) is 18.4. The predicted molar refractivity (Wildman–Crippen MR) is 102 cm³/mol. The zero-order valence-electron chi connectivity index (χ0n) is 15.1. The number of aryl methyl sites for hydroxylation is 1. The fourth-order valence-corrected chi connectivity index (χ4v) is 3.21. The van der Waals surface area contributed by atoms with Crippen LogP contribution < -0.4 is 15.8 Å². The van der Waals surface area contributed by atoms with E-state index in [2.05, 4.69) is 10.3 Å². The molecule has 6 nitrogen and oxygen atoms in total. The number of rotatable bonds is 5. The van der Waals surface area contributed by atoms with Gasteiger partial charge in [0.15, 0.2) is 0 Å². The zero-order valence-corrected chi connectivity index (χ0v) is 15.1. The molecule has 1 atom stereocenters. The van der Waals surface area contributed by atoms with Gasteiger partial charge in [0.05, 0.1) is 6.61 Å². The monoisotopic (exact) mass is 354 g/mol. The SMILES string of the molecule is Cc1cc(CN)cc(OC[C@H]2CCCN(C(=O)Nc3ccccc3)C2)n1. The number of hydrogen-bond donors (Lipinski definition) is 2. The van der Waals surface area contributed by atoms with Crippen molar-refractivity contribution in [3.63, 3.8) is 0 Å². The molecule has 3 N–H and O–H groups in total. The highest BCUT2D eigenvalue weighted by molar-refractivity contribution is 5.89. The number of likely N-dealkylation sites (tertiary alicyclic amines) is 1. The summed E-state index contributed by atoms with van der Waals surface area (Å²) in [5.41, 5.74) is 8.43. The van der Waals surface area contributed by atoms with Gasteiger partial charge in [0.2, 0.25) is 5.88 Å². The number of nitrogens with zero attached hydrogens (tertiary/aromatic N) is 2. The van der Waals surface area contributed by atoms with E-state index < -0.39 is 0 Å². The molecule has 0 unspecified atom stereocenters. The maximum atomic E-state index is 12.5. The highest BCUT2D eigenvalue weighted by Gasteiger charge is 2.24. The molecule has 1 fully saturated rings. The number of nitrogens with two attached hydrogens (primary N) is 1. The lowest BCUT2D eigenvalue weighted by molar-refractivity contribution is 0.143. The molecule has 1 aliphatic heterocycles. The molecule has 1 saturated heterocycles. The summed E-state index contributed by atoms with van der Waals surface area (Å²) in [6.07, 6.45) is 2.02. The van der Waals surface area contributed by atoms with Crippen molar-refractivity contribution in [1.29, 1.82) is 0 Å². The fraction of sp³-hybridized carbons (Fsp3) is 0.400. The van der Waals surface area contributed by atoms with Crippen LogP contribution in [0.15, 0.2) is 42.5 Å². The van der Waals surface area contributed by atoms with Gasteiger partial charge in [-0.2, -0.15) is 0 Å². The lowest BCUT2D eigenvalue weighted by Crippen LogP contribution is -2.43. The Morgan fingerprint density at radius 2 is 2.15 bits per heavy atom. The number of carbonyl (C=O) groups is 1. The lowest BCUT2D eigenvalue weighted by Gasteiger charge is -2.32. The van der Waals surface area contributed by atoms with Crippen LogP contribution in [0.5, 0.6) is 5.88 Å². The first-order valence-electron chi connectivity index (χ1n) is 9.05. The van der Waals surface area contributed by atoms with Crippen molar-refractivity contribution in [2.45, 2.75) is 26.3 Å². The molecule has 1 aromatic carbocycles. The van der Waals surface area contributed by atoms with E-state index >= 15 is 0 Å². The Morgan fingerprint density at radius 3 is 2.92 bits per heavy atom. The van der Waals surface area contributed by atoms with E-state index in [1.54, 1.807) is 0 Å². The molecule has 6 heteroatoms. The molecule has 3 rings (SSSR count). The van der Waals surface area contributed by atoms with Crippen molar-refractivity contribution >= 4 is 11.7 Å². The molecule has 2 amide bonds. The topological polar surface area (TPSA) is 80.5 Å². The van der Waals surface area contributed by atoms with Crippen LogP contribution in [0.1, 0.15) is 24.1 Å². The first-order chi connectivity index (χ1) is 12.6. The minimum absolute atomic E-state index is 0.0556. The molecular formula is C20H26N4O2. The summed E-state index contributed by atoms with van der Waals surface area (Å²) in [4.78, 5) is 18.7. The molecule has 1 aliphatic rings. The largest absolute Gasteiger partial charge is 0.477 e. The third-order valence-corrected chi connectivity index (χ3v) is 4.52. The Kier molecular flexibility index (Phi) is 6.07. The number of piperidine rings is 1. The van der Waals surface area contributed by atoms with Gasteiger partial charge in [-0.05, 0) is 43.5 Å². The third-order valence-electron chi connectivity index (χ3n) is 4.52. The van der Waals surface area contributed by atoms with Crippen molar-refractivity contribution in [3.8, 4) is 5.88 Å². The molecule has 2 heterocycles. The number of ether oxygens (including phenoxy) is 1. The first kappa shape index (κ1) is 18.2. The second-order valence-electron chi connectivity index (χ2n) is 6.72. The van der Waals surface area contributed by atoms with Gasteiger partial charge in [-0.3, -0.25) is 0 Å². The summed E-state index contributed by atoms with van der Waals surface area (Å²) in [5, 5.41) is 2.95. The van der Waals surface area contributed by atoms with Crippen LogP contribution in [-0.4, -0.2) is 35.6 Å². The standard InChI is InChI=1S/C20H26N4O2/c1-15-10-17(12-21)11-19(22-15)26-14-16-6-5-9-24(13-16)20(25)23-18-7-3-2-4-8-18/h2-4,7-8,10-11,16H,5-6,9,12-14,21H2,1H3,(H,23,25)/t16-/m0/s1. The van der Waals surface area contributed by atoms with Crippen molar-refractivity contribution in [2.75, 3.05) is 25.0 Å². The normalized spacial score (nSPS) is 17.0. The number of urea groups is 1. The van der Waals surface area contributed by atoms with Crippen LogP contribution in [0, 0.1) is 12.8 Å². The summed E-state index contributed by atoms with van der Waals surface area (Å²) >= 11 is 0. The lowest BCUT2D eigenvalue weighted by atomic mass is 9.99. The average molecular weight is 354 g/mol. The summed E-state index contributed by atoms with van der Waals surface area (Å²) < 4.78 is 5.89. The Balaban J connectivity index is 1.53. The minimum Gasteiger partial charge on any atom is -0.477 e. The summed E-state index contributed by atoms with van der Waals surface area (Å²) in [6, 6.07) is 13.3. The van der Waals surface area contributed by atoms with Crippen molar-refractivity contribution in [2.24, 2.45) is 11.7 Å². The van der Waals surface area contributed by atoms with Gasteiger partial charge in [-0.25, -0.2) is 9.78 Å². The van der Waals surface area contributed by atoms with Crippen LogP contribution in [-0.2, 0) is 6.54 Å². The second-order valence-corrected chi connectivity index (χ2v) is 6.72. The molecule has 0 aliphatic carbocycles. The average Bonchev–Trinajstić information content (AvgIpc) is 2.67. The van der Waals surface area contributed by atoms with Gasteiger partial charge in [-0.1, -0.05) is 18.2 Å². The summed E-state index contributed by atoms with van der Waals surface area (Å²) in [7, 11) is 0. The van der Waals surface area contributed by atoms with Crippen molar-refractivity contribution in [3.05, 3.63) is 53.7 Å². The van der Waals surface area contributed by atoms with Gasteiger partial charge in [0.25, 0.3) is 0 Å². The number of carbonyl (C=O) groups excluding carboxylic acids is 1. The minimum atomic E-state index is -0.0556. The van der Waals surface area contributed by atoms with Crippen LogP contribution in [0.3, 0.4) is 0 Å². The molecule has 26 heavy (non-hydrogen) atoms. The number of pyridine rings is 1. The molecule has 2 aromatic rings. The highest BCUT2D eigenvalue weighted by Crippen LogP contribution is 2.20. The van der Waals surface area contributed by atoms with Crippen LogP contribution in [0.4, 0.5) is 10.5 Å². The first-order valence-corrected chi connectivity index (χ1v) is 9.05. The molecule has 0 bridgehead atoms. The molecule has 138 valence electrons. The highest BCUT2D eigenvalue weighted by atomic mass is 16.5.